The average molecular weight is 305 g/mol. The van der Waals surface area contributed by atoms with Crippen LogP contribution in [0, 0.1) is 11.3 Å². The summed E-state index contributed by atoms with van der Waals surface area (Å²) in [7, 11) is 0. The van der Waals surface area contributed by atoms with Crippen LogP contribution in [-0.2, 0) is 12.7 Å². The van der Waals surface area contributed by atoms with Crippen molar-refractivity contribution in [2.75, 3.05) is 0 Å². The fraction of sp³-hybridized carbons (Fsp3) is 0.133. The maximum atomic E-state index is 12.4. The zero-order valence-electron chi connectivity index (χ0n) is 11.2. The SMILES string of the molecule is N#Cc1ccc(CNC(=O)c2ccc(C(F)(F)F)nc2)cc1. The lowest BCUT2D eigenvalue weighted by Crippen LogP contribution is -2.23. The molecule has 1 N–H and O–H groups in total. The van der Waals surface area contributed by atoms with Crippen molar-refractivity contribution < 1.29 is 18.0 Å². The fourth-order valence-electron chi connectivity index (χ4n) is 1.68. The number of halogens is 3. The number of aromatic nitrogens is 1. The highest BCUT2D eigenvalue weighted by atomic mass is 19.4. The fourth-order valence-corrected chi connectivity index (χ4v) is 1.68. The Morgan fingerprint density at radius 1 is 1.18 bits per heavy atom. The zero-order valence-corrected chi connectivity index (χ0v) is 11.2. The van der Waals surface area contributed by atoms with Gasteiger partial charge in [0.15, 0.2) is 0 Å². The minimum absolute atomic E-state index is 0.0432. The summed E-state index contributed by atoms with van der Waals surface area (Å²) in [6.45, 7) is 0.200. The summed E-state index contributed by atoms with van der Waals surface area (Å²) in [5, 5.41) is 11.2. The lowest BCUT2D eigenvalue weighted by Gasteiger charge is -2.07. The van der Waals surface area contributed by atoms with E-state index in [1.54, 1.807) is 24.3 Å². The number of hydrogen-bond donors (Lipinski definition) is 1. The van der Waals surface area contributed by atoms with Gasteiger partial charge < -0.3 is 5.32 Å². The van der Waals surface area contributed by atoms with Gasteiger partial charge in [-0.05, 0) is 29.8 Å². The Morgan fingerprint density at radius 2 is 1.86 bits per heavy atom. The smallest absolute Gasteiger partial charge is 0.348 e. The van der Waals surface area contributed by atoms with E-state index in [0.717, 1.165) is 23.9 Å². The maximum absolute atomic E-state index is 12.4. The van der Waals surface area contributed by atoms with Crippen molar-refractivity contribution in [1.29, 1.82) is 5.26 Å². The number of amides is 1. The van der Waals surface area contributed by atoms with Crippen LogP contribution in [0.25, 0.3) is 0 Å². The number of benzene rings is 1. The molecule has 0 saturated heterocycles. The van der Waals surface area contributed by atoms with E-state index in [1.807, 2.05) is 6.07 Å². The van der Waals surface area contributed by atoms with Crippen LogP contribution in [0.15, 0.2) is 42.6 Å². The van der Waals surface area contributed by atoms with Crippen molar-refractivity contribution in [2.45, 2.75) is 12.7 Å². The molecule has 112 valence electrons. The van der Waals surface area contributed by atoms with Gasteiger partial charge in [0.1, 0.15) is 5.69 Å². The van der Waals surface area contributed by atoms with Gasteiger partial charge in [-0.1, -0.05) is 12.1 Å². The molecule has 1 aromatic carbocycles. The summed E-state index contributed by atoms with van der Waals surface area (Å²) in [4.78, 5) is 15.0. The van der Waals surface area contributed by atoms with Gasteiger partial charge in [0, 0.05) is 12.7 Å². The third kappa shape index (κ3) is 3.82. The second-order valence-corrected chi connectivity index (χ2v) is 4.42. The van der Waals surface area contributed by atoms with E-state index in [9.17, 15) is 18.0 Å². The summed E-state index contributed by atoms with van der Waals surface area (Å²) in [6, 6.07) is 10.4. The Labute approximate surface area is 124 Å². The molecule has 4 nitrogen and oxygen atoms in total. The molecule has 1 aromatic heterocycles. The molecule has 22 heavy (non-hydrogen) atoms. The predicted octanol–water partition coefficient (Wildman–Crippen LogP) is 2.90. The standard InChI is InChI=1S/C15H10F3N3O/c16-15(17,18)13-6-5-12(9-20-13)14(22)21-8-11-3-1-10(7-19)2-4-11/h1-6,9H,8H2,(H,21,22). The average Bonchev–Trinajstić information content (AvgIpc) is 2.52. The molecule has 0 aliphatic rings. The number of pyridine rings is 1. The largest absolute Gasteiger partial charge is 0.433 e. The first-order valence-corrected chi connectivity index (χ1v) is 6.20. The first-order chi connectivity index (χ1) is 10.4. The summed E-state index contributed by atoms with van der Waals surface area (Å²) in [6.07, 6.45) is -3.64. The first kappa shape index (κ1) is 15.5. The Bertz CT molecular complexity index is 701. The number of carbonyl (C=O) groups excluding carboxylic acids is 1. The van der Waals surface area contributed by atoms with Crippen LogP contribution >= 0.6 is 0 Å². The summed E-state index contributed by atoms with van der Waals surface area (Å²) in [5.74, 6) is -0.523. The van der Waals surface area contributed by atoms with E-state index in [0.29, 0.717) is 5.56 Å². The van der Waals surface area contributed by atoms with Crippen molar-refractivity contribution in [3.63, 3.8) is 0 Å². The van der Waals surface area contributed by atoms with Gasteiger partial charge in [-0.3, -0.25) is 9.78 Å². The molecular weight excluding hydrogens is 295 g/mol. The van der Waals surface area contributed by atoms with E-state index >= 15 is 0 Å². The molecule has 2 aromatic rings. The number of carbonyl (C=O) groups is 1. The van der Waals surface area contributed by atoms with Gasteiger partial charge in [-0.25, -0.2) is 0 Å². The van der Waals surface area contributed by atoms with Crippen LogP contribution in [0.1, 0.15) is 27.2 Å². The third-order valence-corrected chi connectivity index (χ3v) is 2.85. The van der Waals surface area contributed by atoms with Crippen molar-refractivity contribution in [1.82, 2.24) is 10.3 Å². The molecule has 0 spiro atoms. The van der Waals surface area contributed by atoms with Gasteiger partial charge in [-0.15, -0.1) is 0 Å². The molecule has 0 saturated carbocycles. The van der Waals surface area contributed by atoms with Crippen LogP contribution in [0.4, 0.5) is 13.2 Å². The molecule has 0 radical (unpaired) electrons. The van der Waals surface area contributed by atoms with E-state index in [4.69, 9.17) is 5.26 Å². The Balaban J connectivity index is 1.98. The molecule has 2 rings (SSSR count). The quantitative estimate of drug-likeness (QED) is 0.948. The number of alkyl halides is 3. The number of nitrogens with zero attached hydrogens (tertiary/aromatic N) is 2. The molecule has 0 bridgehead atoms. The lowest BCUT2D eigenvalue weighted by molar-refractivity contribution is -0.141. The van der Waals surface area contributed by atoms with Gasteiger partial charge in [-0.2, -0.15) is 18.4 Å². The Morgan fingerprint density at radius 3 is 2.36 bits per heavy atom. The van der Waals surface area contributed by atoms with Crippen LogP contribution in [0.3, 0.4) is 0 Å². The molecule has 0 fully saturated rings. The predicted molar refractivity (Wildman–Crippen MR) is 71.6 cm³/mol. The zero-order chi connectivity index (χ0) is 16.2. The third-order valence-electron chi connectivity index (χ3n) is 2.85. The maximum Gasteiger partial charge on any atom is 0.433 e. The molecule has 1 amide bonds. The van der Waals surface area contributed by atoms with Crippen molar-refractivity contribution in [2.24, 2.45) is 0 Å². The van der Waals surface area contributed by atoms with Crippen molar-refractivity contribution >= 4 is 5.91 Å². The monoisotopic (exact) mass is 305 g/mol. The normalized spacial score (nSPS) is 10.8. The van der Waals surface area contributed by atoms with Crippen LogP contribution in [-0.4, -0.2) is 10.9 Å². The number of nitriles is 1. The topological polar surface area (TPSA) is 65.8 Å². The van der Waals surface area contributed by atoms with Crippen LogP contribution < -0.4 is 5.32 Å². The van der Waals surface area contributed by atoms with E-state index in [1.165, 1.54) is 0 Å². The number of rotatable bonds is 3. The molecule has 0 aliphatic carbocycles. The molecule has 1 heterocycles. The second kappa shape index (κ2) is 6.26. The highest BCUT2D eigenvalue weighted by Gasteiger charge is 2.32. The highest BCUT2D eigenvalue weighted by molar-refractivity contribution is 5.93. The van der Waals surface area contributed by atoms with E-state index in [2.05, 4.69) is 10.3 Å². The molecule has 0 unspecified atom stereocenters. The van der Waals surface area contributed by atoms with Crippen molar-refractivity contribution in [3.8, 4) is 6.07 Å². The van der Waals surface area contributed by atoms with Crippen molar-refractivity contribution in [3.05, 3.63) is 65.0 Å². The lowest BCUT2D eigenvalue weighted by atomic mass is 10.1. The van der Waals surface area contributed by atoms with E-state index in [-0.39, 0.29) is 12.1 Å². The minimum atomic E-state index is -4.53. The molecule has 7 heteroatoms. The molecular formula is C15H10F3N3O. The summed E-state index contributed by atoms with van der Waals surface area (Å²) < 4.78 is 37.1. The number of nitrogens with one attached hydrogen (secondary N) is 1. The Kier molecular flexibility index (Phi) is 4.41. The summed E-state index contributed by atoms with van der Waals surface area (Å²) in [5.41, 5.74) is 0.270. The van der Waals surface area contributed by atoms with Gasteiger partial charge in [0.2, 0.25) is 0 Å². The van der Waals surface area contributed by atoms with Gasteiger partial charge in [0.25, 0.3) is 5.91 Å². The first-order valence-electron chi connectivity index (χ1n) is 6.20. The molecule has 0 atom stereocenters. The summed E-state index contributed by atoms with van der Waals surface area (Å²) >= 11 is 0. The van der Waals surface area contributed by atoms with Crippen LogP contribution in [0.5, 0.6) is 0 Å². The van der Waals surface area contributed by atoms with Gasteiger partial charge >= 0.3 is 6.18 Å². The second-order valence-electron chi connectivity index (χ2n) is 4.42. The van der Waals surface area contributed by atoms with Gasteiger partial charge in [0.05, 0.1) is 17.2 Å². The minimum Gasteiger partial charge on any atom is -0.348 e. The van der Waals surface area contributed by atoms with E-state index < -0.39 is 17.8 Å². The molecule has 0 aliphatic heterocycles. The highest BCUT2D eigenvalue weighted by Crippen LogP contribution is 2.27. The van der Waals surface area contributed by atoms with Crippen LogP contribution in [0.2, 0.25) is 0 Å². The Hall–Kier alpha value is -2.88. The number of hydrogen-bond acceptors (Lipinski definition) is 3.